The van der Waals surface area contributed by atoms with Crippen LogP contribution in [0.2, 0.25) is 0 Å². The fourth-order valence-electron chi connectivity index (χ4n) is 2.92. The van der Waals surface area contributed by atoms with Gasteiger partial charge in [0.25, 0.3) is 0 Å². The molecule has 3 aromatic rings. The van der Waals surface area contributed by atoms with Crippen LogP contribution < -0.4 is 20.1 Å². The zero-order chi connectivity index (χ0) is 18.1. The van der Waals surface area contributed by atoms with E-state index in [-0.39, 0.29) is 24.9 Å². The van der Waals surface area contributed by atoms with E-state index in [1.54, 1.807) is 0 Å². The van der Waals surface area contributed by atoms with Crippen molar-refractivity contribution >= 4 is 11.7 Å². The van der Waals surface area contributed by atoms with E-state index in [1.165, 1.54) is 0 Å². The van der Waals surface area contributed by atoms with E-state index < -0.39 is 0 Å². The molecule has 134 valence electrons. The second-order valence-corrected chi connectivity index (χ2v) is 6.16. The van der Waals surface area contributed by atoms with E-state index in [0.29, 0.717) is 11.6 Å². The molecule has 8 nitrogen and oxygen atoms in total. The first kappa shape index (κ1) is 16.2. The van der Waals surface area contributed by atoms with Crippen molar-refractivity contribution in [3.63, 3.8) is 0 Å². The number of nitrogens with one attached hydrogen (secondary N) is 2. The fraction of sp³-hybridized carbons (Fsp3) is 0.278. The molecule has 1 aromatic carbocycles. The highest BCUT2D eigenvalue weighted by molar-refractivity contribution is 5.74. The molecule has 0 saturated carbocycles. The first-order valence-electron chi connectivity index (χ1n) is 8.38. The SMILES string of the molecule is CC(NC(=O)NC(C)c1nnc2ccccn12)c1ccc2c(c1)OCO2. The molecule has 2 unspecified atom stereocenters. The van der Waals surface area contributed by atoms with Crippen molar-refractivity contribution in [3.05, 3.63) is 54.0 Å². The van der Waals surface area contributed by atoms with Crippen molar-refractivity contribution in [1.29, 1.82) is 0 Å². The highest BCUT2D eigenvalue weighted by atomic mass is 16.7. The summed E-state index contributed by atoms with van der Waals surface area (Å²) in [6.45, 7) is 4.01. The topological polar surface area (TPSA) is 89.8 Å². The molecule has 4 rings (SSSR count). The number of ether oxygens (including phenoxy) is 2. The molecule has 2 atom stereocenters. The highest BCUT2D eigenvalue weighted by Gasteiger charge is 2.19. The first-order chi connectivity index (χ1) is 12.6. The molecule has 0 aliphatic carbocycles. The Kier molecular flexibility index (Phi) is 4.08. The van der Waals surface area contributed by atoms with Gasteiger partial charge in [0.1, 0.15) is 0 Å². The summed E-state index contributed by atoms with van der Waals surface area (Å²) in [5.41, 5.74) is 1.68. The monoisotopic (exact) mass is 353 g/mol. The third kappa shape index (κ3) is 3.01. The van der Waals surface area contributed by atoms with Gasteiger partial charge in [-0.05, 0) is 43.7 Å². The molecule has 0 radical (unpaired) electrons. The van der Waals surface area contributed by atoms with Crippen LogP contribution in [0.25, 0.3) is 5.65 Å². The van der Waals surface area contributed by atoms with Gasteiger partial charge in [-0.1, -0.05) is 12.1 Å². The Labute approximate surface area is 150 Å². The molecule has 1 aliphatic heterocycles. The number of fused-ring (bicyclic) bond motifs is 2. The van der Waals surface area contributed by atoms with Gasteiger partial charge in [-0.15, -0.1) is 10.2 Å². The molecule has 2 aromatic heterocycles. The molecule has 0 bridgehead atoms. The summed E-state index contributed by atoms with van der Waals surface area (Å²) in [4.78, 5) is 12.4. The van der Waals surface area contributed by atoms with Crippen LogP contribution in [0.15, 0.2) is 42.6 Å². The average Bonchev–Trinajstić information content (AvgIpc) is 3.27. The number of hydrogen-bond donors (Lipinski definition) is 2. The number of rotatable bonds is 4. The molecule has 2 amide bonds. The number of carbonyl (C=O) groups excluding carboxylic acids is 1. The highest BCUT2D eigenvalue weighted by Crippen LogP contribution is 2.34. The number of aromatic nitrogens is 3. The zero-order valence-corrected chi connectivity index (χ0v) is 14.5. The van der Waals surface area contributed by atoms with Gasteiger partial charge in [0.2, 0.25) is 6.79 Å². The number of urea groups is 1. The van der Waals surface area contributed by atoms with Crippen LogP contribution >= 0.6 is 0 Å². The van der Waals surface area contributed by atoms with Gasteiger partial charge in [0.15, 0.2) is 23.0 Å². The molecule has 0 spiro atoms. The Morgan fingerprint density at radius 2 is 1.88 bits per heavy atom. The zero-order valence-electron chi connectivity index (χ0n) is 14.5. The minimum atomic E-state index is -0.295. The Bertz CT molecular complexity index is 955. The third-order valence-electron chi connectivity index (χ3n) is 4.32. The number of nitrogens with zero attached hydrogens (tertiary/aromatic N) is 3. The van der Waals surface area contributed by atoms with Crippen molar-refractivity contribution in [1.82, 2.24) is 25.2 Å². The smallest absolute Gasteiger partial charge is 0.315 e. The molecule has 1 aliphatic rings. The minimum Gasteiger partial charge on any atom is -0.454 e. The maximum absolute atomic E-state index is 12.4. The summed E-state index contributed by atoms with van der Waals surface area (Å²) < 4.78 is 12.5. The number of hydrogen-bond acceptors (Lipinski definition) is 5. The third-order valence-corrected chi connectivity index (χ3v) is 4.32. The molecule has 2 N–H and O–H groups in total. The lowest BCUT2D eigenvalue weighted by molar-refractivity contribution is 0.174. The van der Waals surface area contributed by atoms with E-state index in [1.807, 2.05) is 60.8 Å². The second kappa shape index (κ2) is 6.55. The first-order valence-corrected chi connectivity index (χ1v) is 8.38. The van der Waals surface area contributed by atoms with Crippen molar-refractivity contribution in [3.8, 4) is 11.5 Å². The molecule has 3 heterocycles. The number of benzene rings is 1. The predicted octanol–water partition coefficient (Wildman–Crippen LogP) is 2.58. The average molecular weight is 353 g/mol. The van der Waals surface area contributed by atoms with Crippen LogP contribution in [-0.2, 0) is 0 Å². The maximum atomic E-state index is 12.4. The summed E-state index contributed by atoms with van der Waals surface area (Å²) in [6.07, 6.45) is 1.87. The van der Waals surface area contributed by atoms with Crippen LogP contribution in [0, 0.1) is 0 Å². The summed E-state index contributed by atoms with van der Waals surface area (Å²) >= 11 is 0. The summed E-state index contributed by atoms with van der Waals surface area (Å²) in [7, 11) is 0. The molecule has 0 fully saturated rings. The summed E-state index contributed by atoms with van der Waals surface area (Å²) in [6, 6.07) is 10.5. The quantitative estimate of drug-likeness (QED) is 0.752. The van der Waals surface area contributed by atoms with Gasteiger partial charge < -0.3 is 20.1 Å². The van der Waals surface area contributed by atoms with Gasteiger partial charge >= 0.3 is 6.03 Å². The minimum absolute atomic E-state index is 0.188. The van der Waals surface area contributed by atoms with Crippen LogP contribution in [0.3, 0.4) is 0 Å². The normalized spacial score (nSPS) is 14.8. The molecular weight excluding hydrogens is 334 g/mol. The lowest BCUT2D eigenvalue weighted by Crippen LogP contribution is -2.38. The van der Waals surface area contributed by atoms with Crippen molar-refractivity contribution < 1.29 is 14.3 Å². The Morgan fingerprint density at radius 1 is 1.08 bits per heavy atom. The fourth-order valence-corrected chi connectivity index (χ4v) is 2.92. The predicted molar refractivity (Wildman–Crippen MR) is 94.0 cm³/mol. The maximum Gasteiger partial charge on any atom is 0.315 e. The molecule has 8 heteroatoms. The Morgan fingerprint density at radius 3 is 2.77 bits per heavy atom. The molecule has 0 saturated heterocycles. The Hall–Kier alpha value is -3.29. The van der Waals surface area contributed by atoms with Gasteiger partial charge in [-0.2, -0.15) is 0 Å². The van der Waals surface area contributed by atoms with Crippen LogP contribution in [-0.4, -0.2) is 27.4 Å². The van der Waals surface area contributed by atoms with E-state index in [2.05, 4.69) is 20.8 Å². The molecule has 26 heavy (non-hydrogen) atoms. The van der Waals surface area contributed by atoms with E-state index >= 15 is 0 Å². The summed E-state index contributed by atoms with van der Waals surface area (Å²) in [5.74, 6) is 2.09. The van der Waals surface area contributed by atoms with Crippen molar-refractivity contribution in [2.24, 2.45) is 0 Å². The summed E-state index contributed by atoms with van der Waals surface area (Å²) in [5, 5.41) is 14.1. The second-order valence-electron chi connectivity index (χ2n) is 6.16. The number of pyridine rings is 1. The van der Waals surface area contributed by atoms with Gasteiger partial charge in [0.05, 0.1) is 12.1 Å². The number of amides is 2. The van der Waals surface area contributed by atoms with Crippen LogP contribution in [0.1, 0.15) is 37.3 Å². The standard InChI is InChI=1S/C18H19N5O3/c1-11(13-6-7-14-15(9-13)26-10-25-14)19-18(24)20-12(2)17-22-21-16-5-3-4-8-23(16)17/h3-9,11-12H,10H2,1-2H3,(H2,19,20,24). The van der Waals surface area contributed by atoms with Gasteiger partial charge in [-0.3, -0.25) is 4.40 Å². The largest absolute Gasteiger partial charge is 0.454 e. The van der Waals surface area contributed by atoms with Gasteiger partial charge in [0, 0.05) is 6.20 Å². The Balaban J connectivity index is 1.41. The van der Waals surface area contributed by atoms with Gasteiger partial charge in [-0.25, -0.2) is 4.79 Å². The number of carbonyl (C=O) groups is 1. The van der Waals surface area contributed by atoms with E-state index in [0.717, 1.165) is 17.0 Å². The van der Waals surface area contributed by atoms with E-state index in [4.69, 9.17) is 9.47 Å². The molecular formula is C18H19N5O3. The van der Waals surface area contributed by atoms with E-state index in [9.17, 15) is 4.79 Å². The van der Waals surface area contributed by atoms with Crippen LogP contribution in [0.4, 0.5) is 4.79 Å². The van der Waals surface area contributed by atoms with Crippen molar-refractivity contribution in [2.45, 2.75) is 25.9 Å². The van der Waals surface area contributed by atoms with Crippen molar-refractivity contribution in [2.75, 3.05) is 6.79 Å². The lowest BCUT2D eigenvalue weighted by Gasteiger charge is -2.18. The lowest BCUT2D eigenvalue weighted by atomic mass is 10.1. The van der Waals surface area contributed by atoms with Crippen LogP contribution in [0.5, 0.6) is 11.5 Å².